The molecule has 200 valence electrons. The van der Waals surface area contributed by atoms with Gasteiger partial charge in [-0.05, 0) is 60.7 Å². The molecule has 1 fully saturated rings. The topological polar surface area (TPSA) is 79.6 Å². The van der Waals surface area contributed by atoms with E-state index in [1.807, 2.05) is 105 Å². The number of thiocarbonyl (C=S) groups is 1. The monoisotopic (exact) mass is 558 g/mol. The van der Waals surface area contributed by atoms with Gasteiger partial charge < -0.3 is 24.7 Å². The number of hydrogen-bond acceptors (Lipinski definition) is 6. The Hall–Kier alpha value is -3.82. The van der Waals surface area contributed by atoms with Crippen LogP contribution in [0.1, 0.15) is 44.3 Å². The molecule has 0 bridgehead atoms. The first-order valence-corrected chi connectivity index (χ1v) is 13.8. The van der Waals surface area contributed by atoms with E-state index in [-0.39, 0.29) is 18.0 Å². The lowest BCUT2D eigenvalue weighted by atomic mass is 9.95. The number of aromatic nitrogens is 1. The van der Waals surface area contributed by atoms with Crippen molar-refractivity contribution in [1.82, 2.24) is 10.3 Å². The van der Waals surface area contributed by atoms with E-state index in [4.69, 9.17) is 21.4 Å². The number of nitrogens with one attached hydrogen (secondary N) is 2. The van der Waals surface area contributed by atoms with Crippen LogP contribution >= 0.6 is 24.0 Å². The van der Waals surface area contributed by atoms with E-state index in [1.165, 1.54) is 0 Å². The van der Waals surface area contributed by atoms with Gasteiger partial charge in [0.2, 0.25) is 5.91 Å². The summed E-state index contributed by atoms with van der Waals surface area (Å²) >= 11 is 7.41. The van der Waals surface area contributed by atoms with Gasteiger partial charge in [-0.2, -0.15) is 0 Å². The predicted octanol–water partition coefficient (Wildman–Crippen LogP) is 7.00. The minimum absolute atomic E-state index is 0.0981. The lowest BCUT2D eigenvalue weighted by Crippen LogP contribution is -2.30. The number of rotatable bonds is 7. The summed E-state index contributed by atoms with van der Waals surface area (Å²) in [6.07, 6.45) is 1.77. The highest BCUT2D eigenvalue weighted by molar-refractivity contribution is 7.99. The fourth-order valence-corrected chi connectivity index (χ4v) is 5.46. The maximum atomic E-state index is 12.6. The molecule has 2 N–H and O–H groups in total. The van der Waals surface area contributed by atoms with Gasteiger partial charge in [0, 0.05) is 28.3 Å². The maximum absolute atomic E-state index is 12.6. The molecule has 9 heteroatoms. The standard InChI is InChI=1S/C30H30N4O3S2/c1-30(2,3)28(35)32-21-14-13-19(18-24(21)36-4)34-27(26(33-29(34)38)22-12-8-9-17-31-22)23-15-16-25(37-23)39-20-10-6-5-7-11-20/h5-18,26-27H,1-4H3,(H,32,35)(H,33,38)/t26-,27+/m1/s1. The van der Waals surface area contributed by atoms with Gasteiger partial charge in [-0.15, -0.1) is 0 Å². The lowest BCUT2D eigenvalue weighted by molar-refractivity contribution is -0.123. The number of anilines is 2. The zero-order chi connectivity index (χ0) is 27.6. The normalized spacial score (nSPS) is 17.1. The zero-order valence-corrected chi connectivity index (χ0v) is 23.8. The quantitative estimate of drug-likeness (QED) is 0.235. The molecule has 4 aromatic rings. The van der Waals surface area contributed by atoms with Gasteiger partial charge in [0.1, 0.15) is 17.6 Å². The minimum Gasteiger partial charge on any atom is -0.494 e. The lowest BCUT2D eigenvalue weighted by Gasteiger charge is -2.27. The van der Waals surface area contributed by atoms with Gasteiger partial charge in [0.25, 0.3) is 0 Å². The second-order valence-electron chi connectivity index (χ2n) is 10.2. The summed E-state index contributed by atoms with van der Waals surface area (Å²) in [7, 11) is 1.58. The molecule has 0 radical (unpaired) electrons. The molecule has 0 unspecified atom stereocenters. The summed E-state index contributed by atoms with van der Waals surface area (Å²) < 4.78 is 12.1. The fraction of sp³-hybridized carbons (Fsp3) is 0.233. The van der Waals surface area contributed by atoms with Crippen molar-refractivity contribution >= 4 is 46.4 Å². The average molecular weight is 559 g/mol. The van der Waals surface area contributed by atoms with E-state index in [0.29, 0.717) is 16.5 Å². The molecule has 39 heavy (non-hydrogen) atoms. The number of pyridine rings is 1. The molecule has 1 amide bonds. The second-order valence-corrected chi connectivity index (χ2v) is 11.6. The molecule has 7 nitrogen and oxygen atoms in total. The third-order valence-corrected chi connectivity index (χ3v) is 7.59. The first-order valence-electron chi connectivity index (χ1n) is 12.6. The number of ether oxygens (including phenoxy) is 1. The summed E-state index contributed by atoms with van der Waals surface area (Å²) in [5.74, 6) is 1.19. The van der Waals surface area contributed by atoms with Crippen LogP contribution in [-0.4, -0.2) is 23.1 Å². The van der Waals surface area contributed by atoms with Gasteiger partial charge in [0.05, 0.1) is 24.5 Å². The number of benzene rings is 2. The Bertz CT molecular complexity index is 1470. The van der Waals surface area contributed by atoms with Crippen molar-refractivity contribution in [2.45, 2.75) is 42.8 Å². The van der Waals surface area contributed by atoms with Gasteiger partial charge in [-0.3, -0.25) is 9.78 Å². The summed E-state index contributed by atoms with van der Waals surface area (Å²) in [4.78, 5) is 20.4. The molecule has 2 aromatic heterocycles. The van der Waals surface area contributed by atoms with Crippen LogP contribution in [0, 0.1) is 5.41 Å². The SMILES string of the molecule is COc1cc(N2C(=S)N[C@H](c3ccccn3)[C@@H]2c2ccc(Sc3ccccc3)o2)ccc1NC(=O)C(C)(C)C. The summed E-state index contributed by atoms with van der Waals surface area (Å²) in [6.45, 7) is 5.61. The largest absolute Gasteiger partial charge is 0.494 e. The highest BCUT2D eigenvalue weighted by Crippen LogP contribution is 2.44. The summed E-state index contributed by atoms with van der Waals surface area (Å²) in [5, 5.41) is 7.74. The second kappa shape index (κ2) is 11.1. The predicted molar refractivity (Wildman–Crippen MR) is 158 cm³/mol. The van der Waals surface area contributed by atoms with Crippen LogP contribution < -0.4 is 20.3 Å². The van der Waals surface area contributed by atoms with E-state index in [0.717, 1.165) is 27.1 Å². The molecule has 5 rings (SSSR count). The van der Waals surface area contributed by atoms with Crippen LogP contribution in [0.3, 0.4) is 0 Å². The molecule has 1 aliphatic heterocycles. The van der Waals surface area contributed by atoms with Gasteiger partial charge >= 0.3 is 0 Å². The van der Waals surface area contributed by atoms with Crippen molar-refractivity contribution < 1.29 is 13.9 Å². The van der Waals surface area contributed by atoms with E-state index in [2.05, 4.69) is 15.6 Å². The van der Waals surface area contributed by atoms with Crippen molar-refractivity contribution in [2.75, 3.05) is 17.3 Å². The molecule has 0 spiro atoms. The van der Waals surface area contributed by atoms with Gasteiger partial charge in [0.15, 0.2) is 10.2 Å². The van der Waals surface area contributed by atoms with Crippen LogP contribution in [0.4, 0.5) is 11.4 Å². The molecule has 2 atom stereocenters. The molecule has 0 saturated carbocycles. The maximum Gasteiger partial charge on any atom is 0.229 e. The summed E-state index contributed by atoms with van der Waals surface area (Å²) in [6, 6.07) is 25.0. The van der Waals surface area contributed by atoms with E-state index >= 15 is 0 Å². The number of amides is 1. The Morgan fingerprint density at radius 2 is 1.85 bits per heavy atom. The minimum atomic E-state index is -0.542. The van der Waals surface area contributed by atoms with Crippen molar-refractivity contribution in [2.24, 2.45) is 5.41 Å². The third-order valence-electron chi connectivity index (χ3n) is 6.35. The molecular weight excluding hydrogens is 528 g/mol. The van der Waals surface area contributed by atoms with Crippen LogP contribution in [-0.2, 0) is 4.79 Å². The highest BCUT2D eigenvalue weighted by atomic mass is 32.2. The Kier molecular flexibility index (Phi) is 7.63. The van der Waals surface area contributed by atoms with Crippen molar-refractivity contribution in [3.63, 3.8) is 0 Å². The molecule has 2 aromatic carbocycles. The molecule has 1 saturated heterocycles. The third kappa shape index (κ3) is 5.79. The molecule has 0 aliphatic carbocycles. The smallest absolute Gasteiger partial charge is 0.229 e. The van der Waals surface area contributed by atoms with Crippen molar-refractivity contribution in [3.8, 4) is 5.75 Å². The highest BCUT2D eigenvalue weighted by Gasteiger charge is 2.43. The number of carbonyl (C=O) groups excluding carboxylic acids is 1. The molecular formula is C30H30N4O3S2. The van der Waals surface area contributed by atoms with E-state index in [1.54, 1.807) is 25.1 Å². The van der Waals surface area contributed by atoms with Crippen molar-refractivity contribution in [1.29, 1.82) is 0 Å². The Morgan fingerprint density at radius 3 is 2.54 bits per heavy atom. The number of hydrogen-bond donors (Lipinski definition) is 2. The van der Waals surface area contributed by atoms with Crippen LogP contribution in [0.5, 0.6) is 5.75 Å². The Morgan fingerprint density at radius 1 is 1.08 bits per heavy atom. The molecule has 1 aliphatic rings. The van der Waals surface area contributed by atoms with Gasteiger partial charge in [-0.1, -0.05) is 56.8 Å². The number of furan rings is 1. The zero-order valence-electron chi connectivity index (χ0n) is 22.2. The van der Waals surface area contributed by atoms with Crippen LogP contribution in [0.15, 0.2) is 99.5 Å². The number of methoxy groups -OCH3 is 1. The fourth-order valence-electron chi connectivity index (χ4n) is 4.32. The van der Waals surface area contributed by atoms with E-state index < -0.39 is 5.41 Å². The van der Waals surface area contributed by atoms with E-state index in [9.17, 15) is 4.79 Å². The number of nitrogens with zero attached hydrogens (tertiary/aromatic N) is 2. The number of carbonyl (C=O) groups is 1. The first-order chi connectivity index (χ1) is 18.7. The van der Waals surface area contributed by atoms with Crippen molar-refractivity contribution in [3.05, 3.63) is 96.5 Å². The van der Waals surface area contributed by atoms with Gasteiger partial charge in [-0.25, -0.2) is 0 Å². The van der Waals surface area contributed by atoms with Crippen LogP contribution in [0.25, 0.3) is 0 Å². The summed E-state index contributed by atoms with van der Waals surface area (Å²) in [5.41, 5.74) is 1.70. The molecule has 3 heterocycles. The average Bonchev–Trinajstić information content (AvgIpc) is 3.53. The Balaban J connectivity index is 1.52. The first kappa shape index (κ1) is 26.8. The van der Waals surface area contributed by atoms with Crippen LogP contribution in [0.2, 0.25) is 0 Å². The Labute approximate surface area is 238 Å².